The Bertz CT molecular complexity index is 891. The van der Waals surface area contributed by atoms with Crippen molar-refractivity contribution in [1.29, 1.82) is 0 Å². The van der Waals surface area contributed by atoms with Crippen LogP contribution in [0, 0.1) is 13.8 Å². The second-order valence-corrected chi connectivity index (χ2v) is 7.90. The molecule has 0 aromatic carbocycles. The zero-order valence-corrected chi connectivity index (χ0v) is 17.4. The Morgan fingerprint density at radius 2 is 2.00 bits per heavy atom. The lowest BCUT2D eigenvalue weighted by molar-refractivity contribution is 0.0302. The molecule has 0 aliphatic carbocycles. The summed E-state index contributed by atoms with van der Waals surface area (Å²) in [5.74, 6) is 0.700. The first-order chi connectivity index (χ1) is 13.5. The summed E-state index contributed by atoms with van der Waals surface area (Å²) in [7, 11) is 1.97. The van der Waals surface area contributed by atoms with Gasteiger partial charge in [-0.1, -0.05) is 11.6 Å². The molecule has 2 aromatic rings. The lowest BCUT2D eigenvalue weighted by Crippen LogP contribution is -2.40. The Morgan fingerprint density at radius 1 is 1.25 bits per heavy atom. The van der Waals surface area contributed by atoms with E-state index in [1.54, 1.807) is 17.2 Å². The molecule has 2 fully saturated rings. The molecular weight excluding hydrogens is 378 g/mol. The third kappa shape index (κ3) is 3.37. The molecule has 0 spiro atoms. The Balaban J connectivity index is 1.61. The standard InChI is InChI=1S/C20H26ClN5O2/c1-13-18(14(2)24(3)23-13)17-5-4-6-26(17)19-16(21)11-15(12-22-19)20(27)25-7-9-28-10-8-25/h11-12,17H,4-10H2,1-3H3. The molecule has 0 radical (unpaired) electrons. The second kappa shape index (κ2) is 7.72. The maximum absolute atomic E-state index is 12.7. The van der Waals surface area contributed by atoms with Gasteiger partial charge in [0.15, 0.2) is 0 Å². The van der Waals surface area contributed by atoms with E-state index in [9.17, 15) is 4.79 Å². The van der Waals surface area contributed by atoms with Gasteiger partial charge in [0.2, 0.25) is 0 Å². The molecule has 4 heterocycles. The molecular formula is C20H26ClN5O2. The predicted octanol–water partition coefficient (Wildman–Crippen LogP) is 2.90. The largest absolute Gasteiger partial charge is 0.378 e. The molecule has 8 heteroatoms. The molecule has 2 aliphatic rings. The molecule has 7 nitrogen and oxygen atoms in total. The first-order valence-electron chi connectivity index (χ1n) is 9.76. The minimum Gasteiger partial charge on any atom is -0.378 e. The van der Waals surface area contributed by atoms with Crippen LogP contribution < -0.4 is 4.90 Å². The first kappa shape index (κ1) is 19.2. The predicted molar refractivity (Wildman–Crippen MR) is 108 cm³/mol. The zero-order chi connectivity index (χ0) is 19.8. The maximum atomic E-state index is 12.7. The smallest absolute Gasteiger partial charge is 0.255 e. The molecule has 2 aromatic heterocycles. The van der Waals surface area contributed by atoms with Crippen molar-refractivity contribution in [2.45, 2.75) is 32.7 Å². The van der Waals surface area contributed by atoms with Crippen LogP contribution in [-0.4, -0.2) is 58.4 Å². The fraction of sp³-hybridized carbons (Fsp3) is 0.550. The quantitative estimate of drug-likeness (QED) is 0.788. The fourth-order valence-electron chi connectivity index (χ4n) is 4.30. The molecule has 0 N–H and O–H groups in total. The van der Waals surface area contributed by atoms with Crippen molar-refractivity contribution in [3.05, 3.63) is 39.8 Å². The summed E-state index contributed by atoms with van der Waals surface area (Å²) in [5, 5.41) is 5.09. The summed E-state index contributed by atoms with van der Waals surface area (Å²) in [6.07, 6.45) is 3.77. The molecule has 1 atom stereocenters. The van der Waals surface area contributed by atoms with Gasteiger partial charge in [-0.05, 0) is 32.8 Å². The number of ether oxygens (including phenoxy) is 1. The number of carbonyl (C=O) groups excluding carboxylic acids is 1. The number of aromatic nitrogens is 3. The molecule has 1 amide bonds. The first-order valence-corrected chi connectivity index (χ1v) is 10.1. The van der Waals surface area contributed by atoms with E-state index in [2.05, 4.69) is 28.8 Å². The van der Waals surface area contributed by atoms with Crippen molar-refractivity contribution >= 4 is 23.3 Å². The Hall–Kier alpha value is -2.12. The highest BCUT2D eigenvalue weighted by molar-refractivity contribution is 6.33. The van der Waals surface area contributed by atoms with Gasteiger partial charge in [0, 0.05) is 44.1 Å². The van der Waals surface area contributed by atoms with Gasteiger partial charge in [-0.25, -0.2) is 4.98 Å². The third-order valence-electron chi connectivity index (χ3n) is 5.79. The van der Waals surface area contributed by atoms with Crippen LogP contribution >= 0.6 is 11.6 Å². The average molecular weight is 404 g/mol. The van der Waals surface area contributed by atoms with Crippen molar-refractivity contribution < 1.29 is 9.53 Å². The van der Waals surface area contributed by atoms with Crippen molar-refractivity contribution in [2.75, 3.05) is 37.7 Å². The van der Waals surface area contributed by atoms with Crippen LogP contribution in [0.3, 0.4) is 0 Å². The average Bonchev–Trinajstić information content (AvgIpc) is 3.25. The number of pyridine rings is 1. The minimum absolute atomic E-state index is 0.0406. The molecule has 28 heavy (non-hydrogen) atoms. The number of hydrogen-bond acceptors (Lipinski definition) is 5. The van der Waals surface area contributed by atoms with Gasteiger partial charge in [0.25, 0.3) is 5.91 Å². The second-order valence-electron chi connectivity index (χ2n) is 7.49. The molecule has 150 valence electrons. The number of morpholine rings is 1. The van der Waals surface area contributed by atoms with E-state index in [0.29, 0.717) is 36.9 Å². The highest BCUT2D eigenvalue weighted by atomic mass is 35.5. The summed E-state index contributed by atoms with van der Waals surface area (Å²) in [5.41, 5.74) is 4.00. The number of rotatable bonds is 3. The number of carbonyl (C=O) groups is 1. The zero-order valence-electron chi connectivity index (χ0n) is 16.6. The van der Waals surface area contributed by atoms with E-state index >= 15 is 0 Å². The van der Waals surface area contributed by atoms with Crippen LogP contribution in [0.15, 0.2) is 12.3 Å². The van der Waals surface area contributed by atoms with Gasteiger partial charge in [-0.2, -0.15) is 5.10 Å². The van der Waals surface area contributed by atoms with Crippen LogP contribution in [0.1, 0.15) is 46.2 Å². The molecule has 2 saturated heterocycles. The summed E-state index contributed by atoms with van der Waals surface area (Å²) in [4.78, 5) is 21.4. The van der Waals surface area contributed by atoms with Crippen LogP contribution in [0.2, 0.25) is 5.02 Å². The van der Waals surface area contributed by atoms with Crippen LogP contribution in [0.25, 0.3) is 0 Å². The van der Waals surface area contributed by atoms with Gasteiger partial charge < -0.3 is 14.5 Å². The topological polar surface area (TPSA) is 63.5 Å². The van der Waals surface area contributed by atoms with E-state index < -0.39 is 0 Å². The number of anilines is 1. The summed E-state index contributed by atoms with van der Waals surface area (Å²) >= 11 is 6.61. The summed E-state index contributed by atoms with van der Waals surface area (Å²) < 4.78 is 7.25. The van der Waals surface area contributed by atoms with E-state index in [1.165, 1.54) is 11.3 Å². The van der Waals surface area contributed by atoms with Crippen molar-refractivity contribution in [3.63, 3.8) is 0 Å². The Morgan fingerprint density at radius 3 is 2.64 bits per heavy atom. The molecule has 2 aliphatic heterocycles. The van der Waals surface area contributed by atoms with Crippen LogP contribution in [-0.2, 0) is 11.8 Å². The van der Waals surface area contributed by atoms with Gasteiger partial charge in [0.05, 0.1) is 35.5 Å². The van der Waals surface area contributed by atoms with E-state index in [0.717, 1.165) is 30.9 Å². The number of hydrogen-bond donors (Lipinski definition) is 0. The van der Waals surface area contributed by atoms with Gasteiger partial charge in [-0.3, -0.25) is 9.48 Å². The van der Waals surface area contributed by atoms with Crippen molar-refractivity contribution in [1.82, 2.24) is 19.7 Å². The van der Waals surface area contributed by atoms with Gasteiger partial charge in [-0.15, -0.1) is 0 Å². The number of aryl methyl sites for hydroxylation is 2. The maximum Gasteiger partial charge on any atom is 0.255 e. The lowest BCUT2D eigenvalue weighted by Gasteiger charge is -2.28. The highest BCUT2D eigenvalue weighted by Gasteiger charge is 2.32. The number of nitrogens with zero attached hydrogens (tertiary/aromatic N) is 5. The SMILES string of the molecule is Cc1nn(C)c(C)c1C1CCCN1c1ncc(C(=O)N2CCOCC2)cc1Cl. The number of amides is 1. The van der Waals surface area contributed by atoms with E-state index in [1.807, 2.05) is 11.7 Å². The monoisotopic (exact) mass is 403 g/mol. The fourth-order valence-corrected chi connectivity index (χ4v) is 4.58. The summed E-state index contributed by atoms with van der Waals surface area (Å²) in [6.45, 7) is 7.40. The van der Waals surface area contributed by atoms with Crippen molar-refractivity contribution in [2.24, 2.45) is 7.05 Å². The van der Waals surface area contributed by atoms with Gasteiger partial charge >= 0.3 is 0 Å². The van der Waals surface area contributed by atoms with Gasteiger partial charge in [0.1, 0.15) is 5.82 Å². The normalized spacial score (nSPS) is 20.1. The van der Waals surface area contributed by atoms with Crippen LogP contribution in [0.5, 0.6) is 0 Å². The Kier molecular flexibility index (Phi) is 5.29. The minimum atomic E-state index is -0.0406. The third-order valence-corrected chi connectivity index (χ3v) is 6.07. The van der Waals surface area contributed by atoms with E-state index in [4.69, 9.17) is 16.3 Å². The molecule has 1 unspecified atom stereocenters. The molecule has 0 bridgehead atoms. The molecule has 4 rings (SSSR count). The lowest BCUT2D eigenvalue weighted by atomic mass is 10.0. The Labute approximate surface area is 170 Å². The highest BCUT2D eigenvalue weighted by Crippen LogP contribution is 2.40. The van der Waals surface area contributed by atoms with Crippen LogP contribution in [0.4, 0.5) is 5.82 Å². The number of halogens is 1. The van der Waals surface area contributed by atoms with Crippen molar-refractivity contribution in [3.8, 4) is 0 Å². The molecule has 0 saturated carbocycles. The van der Waals surface area contributed by atoms with E-state index in [-0.39, 0.29) is 11.9 Å². The summed E-state index contributed by atoms with van der Waals surface area (Å²) in [6, 6.07) is 1.96.